The van der Waals surface area contributed by atoms with E-state index >= 15 is 0 Å². The molecule has 21 heavy (non-hydrogen) atoms. The third-order valence-electron chi connectivity index (χ3n) is 4.27. The second-order valence-corrected chi connectivity index (χ2v) is 7.84. The molecule has 0 radical (unpaired) electrons. The Labute approximate surface area is 134 Å². The molecule has 2 N–H and O–H groups in total. The fourth-order valence-electron chi connectivity index (χ4n) is 3.10. The third kappa shape index (κ3) is 4.16. The molecule has 4 heteroatoms. The van der Waals surface area contributed by atoms with E-state index in [4.69, 9.17) is 0 Å². The van der Waals surface area contributed by atoms with E-state index in [1.54, 1.807) is 0 Å². The van der Waals surface area contributed by atoms with Gasteiger partial charge in [-0.2, -0.15) is 0 Å². The standard InChI is InChI=1S/C17H23NOS2/c19-16-8-3-1-2-7-14(16)18-15(17-9-5-11-21-17)12-13-6-4-10-20-13/h4-6,9-11,14-16,18-19H,1-3,7-8,12H2. The minimum Gasteiger partial charge on any atom is -0.392 e. The predicted molar refractivity (Wildman–Crippen MR) is 91.1 cm³/mol. The molecule has 0 bridgehead atoms. The van der Waals surface area contributed by atoms with Gasteiger partial charge in [0.25, 0.3) is 0 Å². The summed E-state index contributed by atoms with van der Waals surface area (Å²) in [5.41, 5.74) is 0. The number of thiophene rings is 2. The van der Waals surface area contributed by atoms with Crippen LogP contribution in [0, 0.1) is 0 Å². The first-order valence-corrected chi connectivity index (χ1v) is 9.59. The molecule has 1 saturated carbocycles. The number of hydrogen-bond acceptors (Lipinski definition) is 4. The summed E-state index contributed by atoms with van der Waals surface area (Å²) < 4.78 is 0. The van der Waals surface area contributed by atoms with Crippen LogP contribution in [-0.2, 0) is 6.42 Å². The Balaban J connectivity index is 1.72. The second kappa shape index (κ2) is 7.54. The number of nitrogens with one attached hydrogen (secondary N) is 1. The normalized spacial score (nSPS) is 24.6. The zero-order chi connectivity index (χ0) is 14.5. The maximum Gasteiger partial charge on any atom is 0.0693 e. The van der Waals surface area contributed by atoms with Crippen molar-refractivity contribution >= 4 is 22.7 Å². The monoisotopic (exact) mass is 321 g/mol. The van der Waals surface area contributed by atoms with Crippen molar-refractivity contribution in [2.75, 3.05) is 0 Å². The quantitative estimate of drug-likeness (QED) is 0.801. The van der Waals surface area contributed by atoms with Gasteiger partial charge < -0.3 is 10.4 Å². The molecule has 3 unspecified atom stereocenters. The van der Waals surface area contributed by atoms with Crippen molar-refractivity contribution in [2.45, 2.75) is 56.7 Å². The molecule has 0 aromatic carbocycles. The summed E-state index contributed by atoms with van der Waals surface area (Å²) in [6.07, 6.45) is 6.49. The summed E-state index contributed by atoms with van der Waals surface area (Å²) in [7, 11) is 0. The molecule has 0 saturated heterocycles. The van der Waals surface area contributed by atoms with Crippen LogP contribution >= 0.6 is 22.7 Å². The highest BCUT2D eigenvalue weighted by molar-refractivity contribution is 7.10. The van der Waals surface area contributed by atoms with Crippen LogP contribution in [-0.4, -0.2) is 17.3 Å². The SMILES string of the molecule is OC1CCCCCC1NC(Cc1cccs1)c1cccs1. The van der Waals surface area contributed by atoms with Crippen molar-refractivity contribution in [2.24, 2.45) is 0 Å². The molecule has 0 amide bonds. The van der Waals surface area contributed by atoms with Gasteiger partial charge in [0.15, 0.2) is 0 Å². The molecule has 1 aliphatic carbocycles. The first-order valence-electron chi connectivity index (χ1n) is 7.83. The van der Waals surface area contributed by atoms with Crippen LogP contribution in [0.3, 0.4) is 0 Å². The van der Waals surface area contributed by atoms with Gasteiger partial charge in [-0.3, -0.25) is 0 Å². The smallest absolute Gasteiger partial charge is 0.0693 e. The Hall–Kier alpha value is -0.680. The summed E-state index contributed by atoms with van der Waals surface area (Å²) in [4.78, 5) is 2.78. The first kappa shape index (κ1) is 15.2. The minimum atomic E-state index is -0.196. The Morgan fingerprint density at radius 3 is 2.67 bits per heavy atom. The molecule has 3 atom stereocenters. The predicted octanol–water partition coefficient (Wildman–Crippen LogP) is 4.38. The van der Waals surface area contributed by atoms with Crippen molar-refractivity contribution < 1.29 is 5.11 Å². The van der Waals surface area contributed by atoms with Crippen LogP contribution < -0.4 is 5.32 Å². The molecule has 2 nitrogen and oxygen atoms in total. The summed E-state index contributed by atoms with van der Waals surface area (Å²) in [6.45, 7) is 0. The highest BCUT2D eigenvalue weighted by atomic mass is 32.1. The first-order chi connectivity index (χ1) is 10.3. The van der Waals surface area contributed by atoms with Crippen LogP contribution in [0.25, 0.3) is 0 Å². The van der Waals surface area contributed by atoms with E-state index in [0.29, 0.717) is 6.04 Å². The van der Waals surface area contributed by atoms with Crippen molar-refractivity contribution in [3.05, 3.63) is 44.8 Å². The number of hydrogen-bond donors (Lipinski definition) is 2. The molecule has 3 rings (SSSR count). The fraction of sp³-hybridized carbons (Fsp3) is 0.529. The van der Waals surface area contributed by atoms with Gasteiger partial charge in [0.05, 0.1) is 6.10 Å². The fourth-order valence-corrected chi connectivity index (χ4v) is 4.64. The number of aliphatic hydroxyl groups is 1. The largest absolute Gasteiger partial charge is 0.392 e. The van der Waals surface area contributed by atoms with E-state index in [1.807, 2.05) is 22.7 Å². The maximum absolute atomic E-state index is 10.4. The Bertz CT molecular complexity index is 509. The summed E-state index contributed by atoms with van der Waals surface area (Å²) >= 11 is 3.63. The Kier molecular flexibility index (Phi) is 5.47. The number of rotatable bonds is 5. The topological polar surface area (TPSA) is 32.3 Å². The van der Waals surface area contributed by atoms with Crippen LogP contribution in [0.15, 0.2) is 35.0 Å². The summed E-state index contributed by atoms with van der Waals surface area (Å²) in [5, 5.41) is 18.4. The van der Waals surface area contributed by atoms with Crippen LogP contribution in [0.4, 0.5) is 0 Å². The second-order valence-electron chi connectivity index (χ2n) is 5.83. The lowest BCUT2D eigenvalue weighted by Crippen LogP contribution is -2.41. The van der Waals surface area contributed by atoms with Crippen molar-refractivity contribution in [3.8, 4) is 0 Å². The van der Waals surface area contributed by atoms with Gasteiger partial charge in [0, 0.05) is 28.3 Å². The van der Waals surface area contributed by atoms with Gasteiger partial charge in [-0.1, -0.05) is 31.4 Å². The molecule has 2 aromatic rings. The van der Waals surface area contributed by atoms with E-state index in [-0.39, 0.29) is 12.1 Å². The van der Waals surface area contributed by atoms with Gasteiger partial charge in [0.2, 0.25) is 0 Å². The third-order valence-corrected chi connectivity index (χ3v) is 6.15. The molecule has 114 valence electrons. The molecule has 2 aromatic heterocycles. The van der Waals surface area contributed by atoms with Crippen LogP contribution in [0.1, 0.15) is 47.9 Å². The molecular formula is C17H23NOS2. The van der Waals surface area contributed by atoms with Crippen molar-refractivity contribution in [1.82, 2.24) is 5.32 Å². The molecule has 0 aliphatic heterocycles. The molecular weight excluding hydrogens is 298 g/mol. The minimum absolute atomic E-state index is 0.196. The van der Waals surface area contributed by atoms with Crippen molar-refractivity contribution in [3.63, 3.8) is 0 Å². The van der Waals surface area contributed by atoms with Gasteiger partial charge in [-0.25, -0.2) is 0 Å². The maximum atomic E-state index is 10.4. The summed E-state index contributed by atoms with van der Waals surface area (Å²) in [5.74, 6) is 0. The zero-order valence-electron chi connectivity index (χ0n) is 12.2. The lowest BCUT2D eigenvalue weighted by atomic mass is 10.0. The molecule has 1 fully saturated rings. The van der Waals surface area contributed by atoms with Gasteiger partial charge in [0.1, 0.15) is 0 Å². The van der Waals surface area contributed by atoms with Crippen LogP contribution in [0.5, 0.6) is 0 Å². The molecule has 0 spiro atoms. The van der Waals surface area contributed by atoms with E-state index in [0.717, 1.165) is 25.7 Å². The Morgan fingerprint density at radius 2 is 1.90 bits per heavy atom. The van der Waals surface area contributed by atoms with Crippen LogP contribution in [0.2, 0.25) is 0 Å². The highest BCUT2D eigenvalue weighted by Gasteiger charge is 2.25. The van der Waals surface area contributed by atoms with Gasteiger partial charge >= 0.3 is 0 Å². The average molecular weight is 322 g/mol. The van der Waals surface area contributed by atoms with E-state index in [9.17, 15) is 5.11 Å². The lowest BCUT2D eigenvalue weighted by Gasteiger charge is -2.27. The van der Waals surface area contributed by atoms with E-state index in [1.165, 1.54) is 22.6 Å². The van der Waals surface area contributed by atoms with Gasteiger partial charge in [-0.15, -0.1) is 22.7 Å². The molecule has 2 heterocycles. The number of aliphatic hydroxyl groups excluding tert-OH is 1. The Morgan fingerprint density at radius 1 is 1.10 bits per heavy atom. The van der Waals surface area contributed by atoms with E-state index < -0.39 is 0 Å². The van der Waals surface area contributed by atoms with Crippen molar-refractivity contribution in [1.29, 1.82) is 0 Å². The van der Waals surface area contributed by atoms with Gasteiger partial charge in [-0.05, 0) is 35.7 Å². The lowest BCUT2D eigenvalue weighted by molar-refractivity contribution is 0.114. The average Bonchev–Trinajstić information content (AvgIpc) is 3.14. The summed E-state index contributed by atoms with van der Waals surface area (Å²) in [6, 6.07) is 9.20. The molecule has 1 aliphatic rings. The highest BCUT2D eigenvalue weighted by Crippen LogP contribution is 2.28. The zero-order valence-corrected chi connectivity index (χ0v) is 13.8. The van der Waals surface area contributed by atoms with E-state index in [2.05, 4.69) is 40.3 Å².